The monoisotopic (exact) mass is 421 g/mol. The van der Waals surface area contributed by atoms with Gasteiger partial charge in [0.1, 0.15) is 5.75 Å². The number of amides is 2. The summed E-state index contributed by atoms with van der Waals surface area (Å²) in [5, 5.41) is 3.19. The Morgan fingerprint density at radius 1 is 0.710 bits per heavy atom. The second-order valence-electron chi connectivity index (χ2n) is 6.38. The molecule has 0 radical (unpaired) electrons. The SMILES string of the molecule is COc1ccc(Nc2ccccc2C(=O)NNC(=O)c2ccc(OC)c(OC)c2)cc1. The number of ether oxygens (including phenoxy) is 3. The van der Waals surface area contributed by atoms with Gasteiger partial charge in [0.25, 0.3) is 11.8 Å². The molecule has 2 amide bonds. The number of hydrazine groups is 1. The van der Waals surface area contributed by atoms with Gasteiger partial charge in [-0.3, -0.25) is 20.4 Å². The Morgan fingerprint density at radius 2 is 1.39 bits per heavy atom. The molecule has 0 aromatic heterocycles. The van der Waals surface area contributed by atoms with Gasteiger partial charge in [0.2, 0.25) is 0 Å². The number of anilines is 2. The van der Waals surface area contributed by atoms with Gasteiger partial charge >= 0.3 is 0 Å². The lowest BCUT2D eigenvalue weighted by Crippen LogP contribution is -2.41. The molecule has 8 heteroatoms. The summed E-state index contributed by atoms with van der Waals surface area (Å²) >= 11 is 0. The highest BCUT2D eigenvalue weighted by atomic mass is 16.5. The summed E-state index contributed by atoms with van der Waals surface area (Å²) in [6.45, 7) is 0. The number of hydrogen-bond acceptors (Lipinski definition) is 6. The molecule has 0 saturated heterocycles. The predicted molar refractivity (Wildman–Crippen MR) is 117 cm³/mol. The van der Waals surface area contributed by atoms with Crippen LogP contribution in [0.3, 0.4) is 0 Å². The van der Waals surface area contributed by atoms with E-state index < -0.39 is 11.8 Å². The molecule has 0 aliphatic heterocycles. The molecular weight excluding hydrogens is 398 g/mol. The zero-order chi connectivity index (χ0) is 22.2. The Hall–Kier alpha value is -4.20. The summed E-state index contributed by atoms with van der Waals surface area (Å²) in [4.78, 5) is 25.1. The van der Waals surface area contributed by atoms with Crippen LogP contribution in [0.15, 0.2) is 66.7 Å². The molecule has 8 nitrogen and oxygen atoms in total. The highest BCUT2D eigenvalue weighted by molar-refractivity contribution is 6.02. The van der Waals surface area contributed by atoms with Gasteiger partial charge in [0.05, 0.1) is 32.6 Å². The minimum atomic E-state index is -0.491. The fourth-order valence-corrected chi connectivity index (χ4v) is 2.85. The van der Waals surface area contributed by atoms with Crippen molar-refractivity contribution < 1.29 is 23.8 Å². The second-order valence-corrected chi connectivity index (χ2v) is 6.38. The van der Waals surface area contributed by atoms with E-state index in [0.717, 1.165) is 11.4 Å². The van der Waals surface area contributed by atoms with Crippen LogP contribution in [0.1, 0.15) is 20.7 Å². The van der Waals surface area contributed by atoms with Crippen molar-refractivity contribution in [3.63, 3.8) is 0 Å². The first-order valence-electron chi connectivity index (χ1n) is 9.38. The van der Waals surface area contributed by atoms with Gasteiger partial charge in [0, 0.05) is 11.3 Å². The van der Waals surface area contributed by atoms with Gasteiger partial charge in [-0.2, -0.15) is 0 Å². The van der Waals surface area contributed by atoms with Crippen molar-refractivity contribution in [2.24, 2.45) is 0 Å². The molecule has 0 heterocycles. The molecule has 31 heavy (non-hydrogen) atoms. The number of nitrogens with one attached hydrogen (secondary N) is 3. The summed E-state index contributed by atoms with van der Waals surface area (Å²) in [7, 11) is 4.59. The lowest BCUT2D eigenvalue weighted by Gasteiger charge is -2.14. The lowest BCUT2D eigenvalue weighted by atomic mass is 10.1. The molecule has 0 saturated carbocycles. The zero-order valence-corrected chi connectivity index (χ0v) is 17.4. The number of benzene rings is 3. The largest absolute Gasteiger partial charge is 0.497 e. The summed E-state index contributed by atoms with van der Waals surface area (Å²) in [5.74, 6) is 0.687. The number of hydrogen-bond donors (Lipinski definition) is 3. The van der Waals surface area contributed by atoms with Crippen molar-refractivity contribution >= 4 is 23.2 Å². The molecule has 3 aromatic carbocycles. The van der Waals surface area contributed by atoms with Gasteiger partial charge in [-0.25, -0.2) is 0 Å². The molecule has 0 aliphatic rings. The number of carbonyl (C=O) groups is 2. The molecule has 0 fully saturated rings. The van der Waals surface area contributed by atoms with E-state index in [1.807, 2.05) is 30.3 Å². The van der Waals surface area contributed by atoms with Gasteiger partial charge in [-0.15, -0.1) is 0 Å². The number of carbonyl (C=O) groups excluding carboxylic acids is 2. The van der Waals surface area contributed by atoms with Crippen molar-refractivity contribution in [3.8, 4) is 17.2 Å². The quantitative estimate of drug-likeness (QED) is 0.505. The van der Waals surface area contributed by atoms with Crippen LogP contribution in [0, 0.1) is 0 Å². The standard InChI is InChI=1S/C23H23N3O5/c1-29-17-11-9-16(10-12-17)24-19-7-5-4-6-18(19)23(28)26-25-22(27)15-8-13-20(30-2)21(14-15)31-3/h4-14,24H,1-3H3,(H,25,27)(H,26,28). The third-order valence-corrected chi connectivity index (χ3v) is 4.48. The zero-order valence-electron chi connectivity index (χ0n) is 17.4. The van der Waals surface area contributed by atoms with E-state index in [2.05, 4.69) is 16.2 Å². The molecular formula is C23H23N3O5. The number of para-hydroxylation sites is 1. The summed E-state index contributed by atoms with van der Waals surface area (Å²) in [6.07, 6.45) is 0. The molecule has 3 N–H and O–H groups in total. The van der Waals surface area contributed by atoms with Crippen LogP contribution in [0.2, 0.25) is 0 Å². The fraction of sp³-hybridized carbons (Fsp3) is 0.130. The van der Waals surface area contributed by atoms with Crippen LogP contribution in [-0.2, 0) is 0 Å². The molecule has 0 atom stereocenters. The van der Waals surface area contributed by atoms with E-state index in [1.165, 1.54) is 20.3 Å². The van der Waals surface area contributed by atoms with E-state index in [0.29, 0.717) is 28.3 Å². The van der Waals surface area contributed by atoms with E-state index in [9.17, 15) is 9.59 Å². The third-order valence-electron chi connectivity index (χ3n) is 4.48. The molecule has 0 spiro atoms. The smallest absolute Gasteiger partial charge is 0.271 e. The van der Waals surface area contributed by atoms with Crippen LogP contribution in [0.4, 0.5) is 11.4 Å². The molecule has 0 bridgehead atoms. The van der Waals surface area contributed by atoms with Crippen molar-refractivity contribution in [3.05, 3.63) is 77.9 Å². The van der Waals surface area contributed by atoms with Crippen molar-refractivity contribution in [2.75, 3.05) is 26.6 Å². The van der Waals surface area contributed by atoms with Crippen LogP contribution in [-0.4, -0.2) is 33.1 Å². The molecule has 0 aliphatic carbocycles. The lowest BCUT2D eigenvalue weighted by molar-refractivity contribution is 0.0847. The first-order chi connectivity index (χ1) is 15.0. The number of rotatable bonds is 7. The Morgan fingerprint density at radius 3 is 2.06 bits per heavy atom. The first-order valence-corrected chi connectivity index (χ1v) is 9.38. The Bertz CT molecular complexity index is 1070. The van der Waals surface area contributed by atoms with E-state index >= 15 is 0 Å². The van der Waals surface area contributed by atoms with Gasteiger partial charge < -0.3 is 19.5 Å². The second kappa shape index (κ2) is 10.0. The van der Waals surface area contributed by atoms with Crippen LogP contribution in [0.5, 0.6) is 17.2 Å². The Kier molecular flexibility index (Phi) is 6.95. The fourth-order valence-electron chi connectivity index (χ4n) is 2.85. The molecule has 160 valence electrons. The van der Waals surface area contributed by atoms with E-state index in [4.69, 9.17) is 14.2 Å². The van der Waals surface area contributed by atoms with Crippen LogP contribution < -0.4 is 30.4 Å². The summed E-state index contributed by atoms with van der Waals surface area (Å²) in [5.41, 5.74) is 6.90. The van der Waals surface area contributed by atoms with Crippen molar-refractivity contribution in [1.29, 1.82) is 0 Å². The topological polar surface area (TPSA) is 97.9 Å². The van der Waals surface area contributed by atoms with Crippen molar-refractivity contribution in [2.45, 2.75) is 0 Å². The van der Waals surface area contributed by atoms with Crippen LogP contribution in [0.25, 0.3) is 0 Å². The highest BCUT2D eigenvalue weighted by Gasteiger charge is 2.14. The number of methoxy groups -OCH3 is 3. The molecule has 0 unspecified atom stereocenters. The summed E-state index contributed by atoms with van der Waals surface area (Å²) in [6, 6.07) is 19.0. The Balaban J connectivity index is 1.68. The third kappa shape index (κ3) is 5.24. The Labute approximate surface area is 180 Å². The normalized spacial score (nSPS) is 10.0. The average molecular weight is 421 g/mol. The van der Waals surface area contributed by atoms with Crippen LogP contribution >= 0.6 is 0 Å². The van der Waals surface area contributed by atoms with Gasteiger partial charge in [0.15, 0.2) is 11.5 Å². The van der Waals surface area contributed by atoms with Crippen molar-refractivity contribution in [1.82, 2.24) is 10.9 Å². The molecule has 3 rings (SSSR count). The van der Waals surface area contributed by atoms with E-state index in [1.54, 1.807) is 37.4 Å². The predicted octanol–water partition coefficient (Wildman–Crippen LogP) is 3.53. The van der Waals surface area contributed by atoms with Gasteiger partial charge in [-0.1, -0.05) is 12.1 Å². The van der Waals surface area contributed by atoms with Gasteiger partial charge in [-0.05, 0) is 54.6 Å². The molecule has 3 aromatic rings. The maximum Gasteiger partial charge on any atom is 0.271 e. The minimum absolute atomic E-state index is 0.308. The minimum Gasteiger partial charge on any atom is -0.497 e. The maximum atomic E-state index is 12.7. The summed E-state index contributed by atoms with van der Waals surface area (Å²) < 4.78 is 15.5. The first kappa shape index (κ1) is 21.5. The maximum absolute atomic E-state index is 12.7. The highest BCUT2D eigenvalue weighted by Crippen LogP contribution is 2.27. The van der Waals surface area contributed by atoms with E-state index in [-0.39, 0.29) is 0 Å². The average Bonchev–Trinajstić information content (AvgIpc) is 2.82.